The first-order chi connectivity index (χ1) is 13.0. The maximum Gasteiger partial charge on any atom is 0.343 e. The first-order valence-corrected chi connectivity index (χ1v) is 8.62. The van der Waals surface area contributed by atoms with Crippen molar-refractivity contribution >= 4 is 11.9 Å². The molecular formula is C23H20O4. The van der Waals surface area contributed by atoms with Crippen LogP contribution < -0.4 is 9.47 Å². The zero-order valence-corrected chi connectivity index (χ0v) is 15.5. The summed E-state index contributed by atoms with van der Waals surface area (Å²) in [4.78, 5) is 24.7. The van der Waals surface area contributed by atoms with Crippen LogP contribution >= 0.6 is 0 Å². The Balaban J connectivity index is 1.86. The summed E-state index contributed by atoms with van der Waals surface area (Å²) in [6, 6.07) is 19.3. The molecule has 0 fully saturated rings. The lowest BCUT2D eigenvalue weighted by atomic mass is 10.0. The summed E-state index contributed by atoms with van der Waals surface area (Å²) in [6.07, 6.45) is 0. The monoisotopic (exact) mass is 360 g/mol. The van der Waals surface area contributed by atoms with E-state index in [9.17, 15) is 9.59 Å². The van der Waals surface area contributed by atoms with Crippen LogP contribution in [0.4, 0.5) is 0 Å². The highest BCUT2D eigenvalue weighted by molar-refractivity contribution is 5.92. The van der Waals surface area contributed by atoms with Gasteiger partial charge in [-0.25, -0.2) is 9.59 Å². The number of hydrogen-bond acceptors (Lipinski definition) is 4. The largest absolute Gasteiger partial charge is 0.423 e. The van der Waals surface area contributed by atoms with Crippen molar-refractivity contribution in [1.82, 2.24) is 0 Å². The summed E-state index contributed by atoms with van der Waals surface area (Å²) >= 11 is 0. The Kier molecular flexibility index (Phi) is 5.36. The molecule has 0 bridgehead atoms. The maximum atomic E-state index is 12.4. The van der Waals surface area contributed by atoms with Gasteiger partial charge in [-0.2, -0.15) is 0 Å². The molecule has 27 heavy (non-hydrogen) atoms. The summed E-state index contributed by atoms with van der Waals surface area (Å²) in [6.45, 7) is 5.50. The van der Waals surface area contributed by atoms with Crippen molar-refractivity contribution in [3.05, 3.63) is 94.5 Å². The lowest BCUT2D eigenvalue weighted by Gasteiger charge is -2.16. The van der Waals surface area contributed by atoms with E-state index in [2.05, 4.69) is 0 Å². The number of benzene rings is 3. The molecule has 0 aliphatic carbocycles. The van der Waals surface area contributed by atoms with Gasteiger partial charge in [0.2, 0.25) is 0 Å². The SMILES string of the molecule is Cc1cc(OC(=O)c2ccccc2)c(C)c(C)c1OC(=O)c1ccccc1. The van der Waals surface area contributed by atoms with Crippen molar-refractivity contribution in [2.45, 2.75) is 20.8 Å². The van der Waals surface area contributed by atoms with Crippen molar-refractivity contribution in [1.29, 1.82) is 0 Å². The summed E-state index contributed by atoms with van der Waals surface area (Å²) in [7, 11) is 0. The first kappa shape index (κ1) is 18.4. The fourth-order valence-corrected chi connectivity index (χ4v) is 2.74. The Morgan fingerprint density at radius 1 is 0.667 bits per heavy atom. The van der Waals surface area contributed by atoms with Crippen molar-refractivity contribution < 1.29 is 19.1 Å². The molecule has 0 N–H and O–H groups in total. The maximum absolute atomic E-state index is 12.4. The second kappa shape index (κ2) is 7.87. The van der Waals surface area contributed by atoms with E-state index in [-0.39, 0.29) is 0 Å². The van der Waals surface area contributed by atoms with Crippen LogP contribution in [0.3, 0.4) is 0 Å². The highest BCUT2D eigenvalue weighted by Crippen LogP contribution is 2.34. The van der Waals surface area contributed by atoms with Gasteiger partial charge in [-0.15, -0.1) is 0 Å². The van der Waals surface area contributed by atoms with E-state index < -0.39 is 11.9 Å². The topological polar surface area (TPSA) is 52.6 Å². The van der Waals surface area contributed by atoms with Gasteiger partial charge < -0.3 is 9.47 Å². The molecule has 136 valence electrons. The summed E-state index contributed by atoms with van der Waals surface area (Å²) in [5.74, 6) is 0.0981. The minimum atomic E-state index is -0.425. The van der Waals surface area contributed by atoms with Crippen molar-refractivity contribution in [2.24, 2.45) is 0 Å². The normalized spacial score (nSPS) is 10.3. The molecule has 0 heterocycles. The Hall–Kier alpha value is -3.40. The smallest absolute Gasteiger partial charge is 0.343 e. The molecular weight excluding hydrogens is 340 g/mol. The van der Waals surface area contributed by atoms with Crippen LogP contribution in [0.15, 0.2) is 66.7 Å². The fourth-order valence-electron chi connectivity index (χ4n) is 2.74. The summed E-state index contributed by atoms with van der Waals surface area (Å²) in [5, 5.41) is 0. The van der Waals surface area contributed by atoms with E-state index >= 15 is 0 Å². The predicted octanol–water partition coefficient (Wildman–Crippen LogP) is 5.05. The van der Waals surface area contributed by atoms with Crippen LogP contribution in [-0.4, -0.2) is 11.9 Å². The van der Waals surface area contributed by atoms with Crippen LogP contribution in [0.2, 0.25) is 0 Å². The lowest BCUT2D eigenvalue weighted by Crippen LogP contribution is -2.13. The Morgan fingerprint density at radius 3 is 1.67 bits per heavy atom. The van der Waals surface area contributed by atoms with Gasteiger partial charge in [0.05, 0.1) is 11.1 Å². The third-order valence-corrected chi connectivity index (χ3v) is 4.39. The minimum Gasteiger partial charge on any atom is -0.423 e. The molecule has 0 saturated carbocycles. The molecule has 3 rings (SSSR count). The Labute approximate surface area is 158 Å². The number of carbonyl (C=O) groups is 2. The van der Waals surface area contributed by atoms with Crippen molar-refractivity contribution in [3.8, 4) is 11.5 Å². The molecule has 0 aliphatic rings. The van der Waals surface area contributed by atoms with E-state index in [1.54, 1.807) is 54.6 Å². The number of hydrogen-bond donors (Lipinski definition) is 0. The molecule has 3 aromatic rings. The molecule has 0 aromatic heterocycles. The van der Waals surface area contributed by atoms with Gasteiger partial charge in [-0.05, 0) is 67.8 Å². The van der Waals surface area contributed by atoms with E-state index in [0.29, 0.717) is 22.6 Å². The van der Waals surface area contributed by atoms with E-state index in [1.165, 1.54) is 0 Å². The lowest BCUT2D eigenvalue weighted by molar-refractivity contribution is 0.0716. The van der Waals surface area contributed by atoms with Gasteiger partial charge in [0, 0.05) is 0 Å². The van der Waals surface area contributed by atoms with E-state index in [1.807, 2.05) is 32.9 Å². The average Bonchev–Trinajstić information content (AvgIpc) is 2.70. The van der Waals surface area contributed by atoms with Gasteiger partial charge in [-0.3, -0.25) is 0 Å². The highest BCUT2D eigenvalue weighted by atomic mass is 16.5. The zero-order valence-electron chi connectivity index (χ0n) is 15.5. The minimum absolute atomic E-state index is 0.421. The zero-order chi connectivity index (χ0) is 19.4. The van der Waals surface area contributed by atoms with Crippen LogP contribution in [-0.2, 0) is 0 Å². The van der Waals surface area contributed by atoms with Gasteiger partial charge in [-0.1, -0.05) is 36.4 Å². The predicted molar refractivity (Wildman–Crippen MR) is 103 cm³/mol. The van der Waals surface area contributed by atoms with Crippen LogP contribution in [0, 0.1) is 20.8 Å². The van der Waals surface area contributed by atoms with Crippen LogP contribution in [0.5, 0.6) is 11.5 Å². The van der Waals surface area contributed by atoms with E-state index in [4.69, 9.17) is 9.47 Å². The number of esters is 2. The van der Waals surface area contributed by atoms with Crippen molar-refractivity contribution in [3.63, 3.8) is 0 Å². The van der Waals surface area contributed by atoms with Gasteiger partial charge >= 0.3 is 11.9 Å². The second-order valence-electron chi connectivity index (χ2n) is 6.28. The molecule has 4 heteroatoms. The average molecular weight is 360 g/mol. The second-order valence-corrected chi connectivity index (χ2v) is 6.28. The third kappa shape index (κ3) is 4.06. The molecule has 0 unspecified atom stereocenters. The number of aryl methyl sites for hydroxylation is 1. The quantitative estimate of drug-likeness (QED) is 0.482. The molecule has 3 aromatic carbocycles. The van der Waals surface area contributed by atoms with E-state index in [0.717, 1.165) is 16.7 Å². The highest BCUT2D eigenvalue weighted by Gasteiger charge is 2.18. The number of ether oxygens (including phenoxy) is 2. The molecule has 0 atom stereocenters. The number of carbonyl (C=O) groups excluding carboxylic acids is 2. The Morgan fingerprint density at radius 2 is 1.15 bits per heavy atom. The molecule has 0 saturated heterocycles. The van der Waals surface area contributed by atoms with Crippen LogP contribution in [0.25, 0.3) is 0 Å². The molecule has 0 spiro atoms. The molecule has 4 nitrogen and oxygen atoms in total. The van der Waals surface area contributed by atoms with Crippen LogP contribution in [0.1, 0.15) is 37.4 Å². The van der Waals surface area contributed by atoms with Gasteiger partial charge in [0.25, 0.3) is 0 Å². The summed E-state index contributed by atoms with van der Waals surface area (Å²) in [5.41, 5.74) is 3.19. The molecule has 0 amide bonds. The fraction of sp³-hybridized carbons (Fsp3) is 0.130. The summed E-state index contributed by atoms with van der Waals surface area (Å²) < 4.78 is 11.2. The Bertz CT molecular complexity index is 976. The molecule has 0 aliphatic heterocycles. The van der Waals surface area contributed by atoms with Gasteiger partial charge in [0.15, 0.2) is 0 Å². The number of rotatable bonds is 4. The standard InChI is InChI=1S/C23H20O4/c1-15-14-20(26-22(24)18-10-6-4-7-11-18)16(2)17(3)21(15)27-23(25)19-12-8-5-9-13-19/h4-14H,1-3H3. The molecule has 0 radical (unpaired) electrons. The third-order valence-electron chi connectivity index (χ3n) is 4.39. The first-order valence-electron chi connectivity index (χ1n) is 8.62. The van der Waals surface area contributed by atoms with Crippen molar-refractivity contribution in [2.75, 3.05) is 0 Å². The van der Waals surface area contributed by atoms with Gasteiger partial charge in [0.1, 0.15) is 11.5 Å².